The Morgan fingerprint density at radius 2 is 2.07 bits per heavy atom. The largest absolute Gasteiger partial charge is 0.364 e. The molecule has 2 aliphatic carbocycles. The Kier molecular flexibility index (Phi) is 4.93. The molecule has 2 N–H and O–H groups in total. The number of aromatic amines is 1. The first-order valence-electron chi connectivity index (χ1n) is 10.3. The zero-order chi connectivity index (χ0) is 19.9. The molecule has 2 bridgehead atoms. The molecule has 3 fully saturated rings. The van der Waals surface area contributed by atoms with Crippen LogP contribution in [0, 0.1) is 22.7 Å². The van der Waals surface area contributed by atoms with Gasteiger partial charge >= 0.3 is 0 Å². The molecule has 8 nitrogen and oxygen atoms in total. The van der Waals surface area contributed by atoms with Gasteiger partial charge in [-0.15, -0.1) is 0 Å². The molecule has 28 heavy (non-hydrogen) atoms. The summed E-state index contributed by atoms with van der Waals surface area (Å²) < 4.78 is 5.38. The normalized spacial score (nSPS) is 33.4. The van der Waals surface area contributed by atoms with Gasteiger partial charge in [0.05, 0.1) is 11.5 Å². The van der Waals surface area contributed by atoms with Crippen LogP contribution in [0.3, 0.4) is 0 Å². The van der Waals surface area contributed by atoms with Gasteiger partial charge < -0.3 is 15.0 Å². The van der Waals surface area contributed by atoms with Gasteiger partial charge in [-0.2, -0.15) is 5.10 Å². The van der Waals surface area contributed by atoms with Crippen molar-refractivity contribution in [2.75, 3.05) is 19.7 Å². The summed E-state index contributed by atoms with van der Waals surface area (Å²) in [7, 11) is 0. The maximum absolute atomic E-state index is 13.5. The quantitative estimate of drug-likeness (QED) is 0.768. The summed E-state index contributed by atoms with van der Waals surface area (Å²) >= 11 is 0. The molecule has 0 radical (unpaired) electrons. The number of ether oxygens (including phenoxy) is 1. The molecule has 1 aromatic rings. The summed E-state index contributed by atoms with van der Waals surface area (Å²) in [6.07, 6.45) is 5.78. The lowest BCUT2D eigenvalue weighted by atomic mass is 9.68. The van der Waals surface area contributed by atoms with Crippen LogP contribution in [0.4, 0.5) is 0 Å². The number of likely N-dealkylation sites (tertiary alicyclic amines) is 1. The summed E-state index contributed by atoms with van der Waals surface area (Å²) in [4.78, 5) is 31.7. The van der Waals surface area contributed by atoms with Crippen LogP contribution in [0.15, 0.2) is 6.33 Å². The molecule has 154 valence electrons. The third-order valence-electron chi connectivity index (χ3n) is 7.69. The van der Waals surface area contributed by atoms with E-state index < -0.39 is 0 Å². The Labute approximate surface area is 165 Å². The fourth-order valence-corrected chi connectivity index (χ4v) is 5.77. The highest BCUT2D eigenvalue weighted by atomic mass is 16.5. The van der Waals surface area contributed by atoms with E-state index in [-0.39, 0.29) is 41.9 Å². The van der Waals surface area contributed by atoms with Crippen molar-refractivity contribution in [3.05, 3.63) is 12.2 Å². The second-order valence-electron chi connectivity index (χ2n) is 9.36. The molecule has 8 heteroatoms. The highest BCUT2D eigenvalue weighted by Crippen LogP contribution is 2.66. The van der Waals surface area contributed by atoms with E-state index in [0.717, 1.165) is 12.8 Å². The zero-order valence-electron chi connectivity index (χ0n) is 17.0. The van der Waals surface area contributed by atoms with Crippen molar-refractivity contribution in [1.29, 1.82) is 0 Å². The van der Waals surface area contributed by atoms with Gasteiger partial charge in [0.1, 0.15) is 25.4 Å². The maximum Gasteiger partial charge on any atom is 0.246 e. The molecule has 0 spiro atoms. The second-order valence-corrected chi connectivity index (χ2v) is 9.36. The van der Waals surface area contributed by atoms with Crippen LogP contribution in [-0.4, -0.2) is 57.6 Å². The molecular weight excluding hydrogens is 358 g/mol. The van der Waals surface area contributed by atoms with Crippen LogP contribution in [0.5, 0.6) is 0 Å². The molecule has 1 aliphatic heterocycles. The second kappa shape index (κ2) is 7.13. The molecule has 2 saturated carbocycles. The fraction of sp³-hybridized carbons (Fsp3) is 0.800. The highest BCUT2D eigenvalue weighted by molar-refractivity contribution is 5.85. The Morgan fingerprint density at radius 3 is 2.68 bits per heavy atom. The van der Waals surface area contributed by atoms with Crippen molar-refractivity contribution in [1.82, 2.24) is 25.4 Å². The number of carbonyl (C=O) groups is 2. The molecule has 2 amide bonds. The van der Waals surface area contributed by atoms with Crippen molar-refractivity contribution < 1.29 is 14.3 Å². The molecule has 0 aromatic carbocycles. The van der Waals surface area contributed by atoms with Gasteiger partial charge in [0.2, 0.25) is 11.8 Å². The van der Waals surface area contributed by atoms with Crippen LogP contribution in [0.1, 0.15) is 52.3 Å². The van der Waals surface area contributed by atoms with Gasteiger partial charge in [-0.25, -0.2) is 4.98 Å². The Bertz CT molecular complexity index is 724. The van der Waals surface area contributed by atoms with E-state index in [1.165, 1.54) is 19.2 Å². The minimum absolute atomic E-state index is 0.0246. The van der Waals surface area contributed by atoms with Gasteiger partial charge in [-0.3, -0.25) is 14.7 Å². The Balaban J connectivity index is 1.31. The van der Waals surface area contributed by atoms with E-state index in [4.69, 9.17) is 4.74 Å². The third-order valence-corrected chi connectivity index (χ3v) is 7.69. The monoisotopic (exact) mass is 389 g/mol. The number of hydrogen-bond acceptors (Lipinski definition) is 5. The van der Waals surface area contributed by atoms with Crippen molar-refractivity contribution in [2.45, 2.75) is 59.1 Å². The number of fused-ring (bicyclic) bond motifs is 2. The van der Waals surface area contributed by atoms with Crippen molar-refractivity contribution in [2.24, 2.45) is 22.7 Å². The zero-order valence-corrected chi connectivity index (χ0v) is 17.0. The predicted octanol–water partition coefficient (Wildman–Crippen LogP) is 1.50. The number of carbonyl (C=O) groups excluding carboxylic acids is 2. The smallest absolute Gasteiger partial charge is 0.246 e. The van der Waals surface area contributed by atoms with E-state index in [9.17, 15) is 9.59 Å². The van der Waals surface area contributed by atoms with E-state index in [0.29, 0.717) is 30.7 Å². The molecular formula is C20H31N5O3. The summed E-state index contributed by atoms with van der Waals surface area (Å²) in [5, 5.41) is 9.48. The van der Waals surface area contributed by atoms with Crippen molar-refractivity contribution in [3.8, 4) is 0 Å². The van der Waals surface area contributed by atoms with E-state index >= 15 is 0 Å². The molecule has 3 aliphatic rings. The summed E-state index contributed by atoms with van der Waals surface area (Å²) in [6.45, 7) is 8.15. The number of nitrogens with zero attached hydrogens (tertiary/aromatic N) is 3. The van der Waals surface area contributed by atoms with Crippen LogP contribution in [-0.2, 0) is 20.9 Å². The van der Waals surface area contributed by atoms with Crippen LogP contribution >= 0.6 is 0 Å². The summed E-state index contributed by atoms with van der Waals surface area (Å²) in [5.41, 5.74) is -0.111. The average Bonchev–Trinajstić information content (AvgIpc) is 3.40. The molecule has 4 rings (SSSR count). The lowest BCUT2D eigenvalue weighted by Crippen LogP contribution is -2.48. The average molecular weight is 390 g/mol. The van der Waals surface area contributed by atoms with Crippen LogP contribution < -0.4 is 5.32 Å². The lowest BCUT2D eigenvalue weighted by molar-refractivity contribution is -0.146. The number of aromatic nitrogens is 3. The number of nitrogens with one attached hydrogen (secondary N) is 2. The number of hydrogen-bond donors (Lipinski definition) is 2. The van der Waals surface area contributed by atoms with Crippen molar-refractivity contribution >= 4 is 11.8 Å². The first-order chi connectivity index (χ1) is 13.3. The summed E-state index contributed by atoms with van der Waals surface area (Å²) in [6, 6.07) is -0.0246. The van der Waals surface area contributed by atoms with Crippen molar-refractivity contribution in [3.63, 3.8) is 0 Å². The van der Waals surface area contributed by atoms with Crippen LogP contribution in [0.25, 0.3) is 0 Å². The maximum atomic E-state index is 13.5. The Morgan fingerprint density at radius 1 is 1.32 bits per heavy atom. The minimum Gasteiger partial charge on any atom is -0.364 e. The number of rotatable bonds is 6. The van der Waals surface area contributed by atoms with Gasteiger partial charge in [0, 0.05) is 13.1 Å². The molecule has 2 atom stereocenters. The molecule has 1 saturated heterocycles. The first-order valence-corrected chi connectivity index (χ1v) is 10.3. The highest BCUT2D eigenvalue weighted by Gasteiger charge is 2.64. The van der Waals surface area contributed by atoms with E-state index in [1.807, 2.05) is 4.90 Å². The molecule has 2 unspecified atom stereocenters. The number of amides is 2. The predicted molar refractivity (Wildman–Crippen MR) is 102 cm³/mol. The molecule has 2 heterocycles. The van der Waals surface area contributed by atoms with Gasteiger partial charge in [0.25, 0.3) is 0 Å². The standard InChI is InChI=1S/C20H31N5O3/c1-13-8-25(18(27)20-6-4-14(5-7-20)19(20,2)3)9-15(13)23-17(26)11-28-10-16-21-12-22-24-16/h12-15H,4-11H2,1-3H3,(H,23,26)(H,21,22,24). The summed E-state index contributed by atoms with van der Waals surface area (Å²) in [5.74, 6) is 1.65. The lowest BCUT2D eigenvalue weighted by Gasteiger charge is -2.39. The van der Waals surface area contributed by atoms with E-state index in [1.54, 1.807) is 0 Å². The topological polar surface area (TPSA) is 100 Å². The van der Waals surface area contributed by atoms with Gasteiger partial charge in [-0.1, -0.05) is 20.8 Å². The minimum atomic E-state index is -0.198. The first kappa shape index (κ1) is 19.4. The number of H-pyrrole nitrogens is 1. The molecule has 1 aromatic heterocycles. The third kappa shape index (κ3) is 3.11. The fourth-order valence-electron chi connectivity index (χ4n) is 5.77. The van der Waals surface area contributed by atoms with E-state index in [2.05, 4.69) is 41.3 Å². The SMILES string of the molecule is CC1CN(C(=O)C23CCC(CC2)C3(C)C)CC1NC(=O)COCc1ncn[nH]1. The van der Waals surface area contributed by atoms with Crippen LogP contribution in [0.2, 0.25) is 0 Å². The Hall–Kier alpha value is -1.96. The van der Waals surface area contributed by atoms with Gasteiger partial charge in [-0.05, 0) is 42.9 Å². The van der Waals surface area contributed by atoms with Gasteiger partial charge in [0.15, 0.2) is 0 Å².